The highest BCUT2D eigenvalue weighted by Crippen LogP contribution is 2.37. The van der Waals surface area contributed by atoms with Gasteiger partial charge in [0.05, 0.1) is 23.3 Å². The Bertz CT molecular complexity index is 632. The van der Waals surface area contributed by atoms with E-state index in [0.717, 1.165) is 24.3 Å². The molecular weight excluding hydrogens is 291 g/mol. The summed E-state index contributed by atoms with van der Waals surface area (Å²) in [5.74, 6) is 0.250. The van der Waals surface area contributed by atoms with E-state index < -0.39 is 0 Å². The molecule has 1 saturated carbocycles. The number of benzene rings is 1. The first kappa shape index (κ1) is 16.0. The van der Waals surface area contributed by atoms with E-state index in [1.807, 2.05) is 16.9 Å². The number of nitrogens with zero attached hydrogens (tertiary/aromatic N) is 2. The summed E-state index contributed by atoms with van der Waals surface area (Å²) in [5, 5.41) is 8.00. The lowest BCUT2D eigenvalue weighted by atomic mass is 9.86. The maximum Gasteiger partial charge on any atom is 0.125 e. The summed E-state index contributed by atoms with van der Waals surface area (Å²) in [6, 6.07) is 6.65. The molecule has 5 heteroatoms. The molecule has 1 aromatic heterocycles. The highest BCUT2D eigenvalue weighted by atomic mass is 19.1. The molecular formula is C18H25FN4. The Morgan fingerprint density at radius 1 is 1.26 bits per heavy atom. The molecule has 1 heterocycles. The fourth-order valence-electron chi connectivity index (χ4n) is 3.40. The van der Waals surface area contributed by atoms with Gasteiger partial charge in [-0.25, -0.2) is 9.07 Å². The molecule has 0 aliphatic heterocycles. The van der Waals surface area contributed by atoms with Crippen molar-refractivity contribution in [2.24, 2.45) is 5.73 Å². The lowest BCUT2D eigenvalue weighted by Gasteiger charge is -2.24. The van der Waals surface area contributed by atoms with Crippen LogP contribution in [-0.2, 0) is 0 Å². The van der Waals surface area contributed by atoms with Crippen LogP contribution in [0.2, 0.25) is 0 Å². The molecule has 23 heavy (non-hydrogen) atoms. The fraction of sp³-hybridized carbons (Fsp3) is 0.500. The van der Waals surface area contributed by atoms with Gasteiger partial charge in [-0.1, -0.05) is 25.3 Å². The monoisotopic (exact) mass is 316 g/mol. The molecule has 0 amide bonds. The molecule has 0 bridgehead atoms. The predicted molar refractivity (Wildman–Crippen MR) is 91.5 cm³/mol. The number of rotatable bonds is 6. The van der Waals surface area contributed by atoms with Crippen LogP contribution in [-0.4, -0.2) is 22.9 Å². The molecule has 124 valence electrons. The topological polar surface area (TPSA) is 55.9 Å². The largest absolute Gasteiger partial charge is 0.382 e. The van der Waals surface area contributed by atoms with Crippen molar-refractivity contribution in [2.75, 3.05) is 18.4 Å². The highest BCUT2D eigenvalue weighted by molar-refractivity contribution is 5.52. The summed E-state index contributed by atoms with van der Waals surface area (Å²) in [7, 11) is 0. The molecule has 4 nitrogen and oxygen atoms in total. The number of halogens is 1. The average molecular weight is 316 g/mol. The van der Waals surface area contributed by atoms with Crippen molar-refractivity contribution in [3.05, 3.63) is 42.0 Å². The SMILES string of the molecule is NCCCNc1cnn(-c2cccc(F)c2)c1C1CCCCC1. The van der Waals surface area contributed by atoms with E-state index in [1.165, 1.54) is 43.9 Å². The molecule has 1 aliphatic rings. The first-order valence-electron chi connectivity index (χ1n) is 8.57. The van der Waals surface area contributed by atoms with Crippen molar-refractivity contribution in [3.8, 4) is 5.69 Å². The molecule has 0 unspecified atom stereocenters. The van der Waals surface area contributed by atoms with Gasteiger partial charge in [-0.05, 0) is 44.0 Å². The van der Waals surface area contributed by atoms with Crippen molar-refractivity contribution in [2.45, 2.75) is 44.4 Å². The highest BCUT2D eigenvalue weighted by Gasteiger charge is 2.24. The summed E-state index contributed by atoms with van der Waals surface area (Å²) in [5.41, 5.74) is 8.63. The van der Waals surface area contributed by atoms with Crippen LogP contribution in [0.5, 0.6) is 0 Å². The number of anilines is 1. The third-order valence-electron chi connectivity index (χ3n) is 4.55. The van der Waals surface area contributed by atoms with E-state index in [9.17, 15) is 4.39 Å². The summed E-state index contributed by atoms with van der Waals surface area (Å²) >= 11 is 0. The van der Waals surface area contributed by atoms with Gasteiger partial charge in [0.2, 0.25) is 0 Å². The molecule has 0 saturated heterocycles. The molecule has 2 aromatic rings. The van der Waals surface area contributed by atoms with Crippen molar-refractivity contribution in [1.29, 1.82) is 0 Å². The Labute approximate surface area is 136 Å². The third-order valence-corrected chi connectivity index (χ3v) is 4.55. The second-order valence-corrected chi connectivity index (χ2v) is 6.24. The Balaban J connectivity index is 1.94. The van der Waals surface area contributed by atoms with Crippen LogP contribution in [0.3, 0.4) is 0 Å². The standard InChI is InChI=1S/C18H25FN4/c19-15-8-4-9-16(12-15)23-18(14-6-2-1-3-7-14)17(13-22-23)21-11-5-10-20/h4,8-9,12-14,21H,1-3,5-7,10-11,20H2. The lowest BCUT2D eigenvalue weighted by Crippen LogP contribution is -2.14. The average Bonchev–Trinajstić information content (AvgIpc) is 3.00. The first-order valence-corrected chi connectivity index (χ1v) is 8.57. The van der Waals surface area contributed by atoms with E-state index in [0.29, 0.717) is 12.5 Å². The first-order chi connectivity index (χ1) is 11.3. The summed E-state index contributed by atoms with van der Waals surface area (Å²) in [6.07, 6.45) is 8.95. The Morgan fingerprint density at radius 2 is 2.09 bits per heavy atom. The molecule has 1 aromatic carbocycles. The van der Waals surface area contributed by atoms with Gasteiger partial charge in [-0.15, -0.1) is 0 Å². The molecule has 0 radical (unpaired) electrons. The Kier molecular flexibility index (Phi) is 5.28. The molecule has 1 fully saturated rings. The number of aromatic nitrogens is 2. The quantitative estimate of drug-likeness (QED) is 0.797. The van der Waals surface area contributed by atoms with Crippen LogP contribution in [0, 0.1) is 5.82 Å². The van der Waals surface area contributed by atoms with Gasteiger partial charge in [-0.3, -0.25) is 0 Å². The van der Waals surface area contributed by atoms with Gasteiger partial charge in [0.15, 0.2) is 0 Å². The minimum atomic E-state index is -0.231. The molecule has 1 aliphatic carbocycles. The van der Waals surface area contributed by atoms with Gasteiger partial charge in [-0.2, -0.15) is 5.10 Å². The molecule has 3 rings (SSSR count). The van der Waals surface area contributed by atoms with Gasteiger partial charge in [0.25, 0.3) is 0 Å². The smallest absolute Gasteiger partial charge is 0.125 e. The zero-order valence-electron chi connectivity index (χ0n) is 13.5. The van der Waals surface area contributed by atoms with Gasteiger partial charge in [0, 0.05) is 12.5 Å². The van der Waals surface area contributed by atoms with Gasteiger partial charge < -0.3 is 11.1 Å². The Hall–Kier alpha value is -1.88. The zero-order chi connectivity index (χ0) is 16.1. The second kappa shape index (κ2) is 7.59. The number of nitrogens with one attached hydrogen (secondary N) is 1. The van der Waals surface area contributed by atoms with E-state index in [-0.39, 0.29) is 5.82 Å². The van der Waals surface area contributed by atoms with Gasteiger partial charge >= 0.3 is 0 Å². The van der Waals surface area contributed by atoms with Crippen LogP contribution < -0.4 is 11.1 Å². The van der Waals surface area contributed by atoms with Crippen LogP contribution >= 0.6 is 0 Å². The van der Waals surface area contributed by atoms with Crippen LogP contribution in [0.25, 0.3) is 5.69 Å². The Morgan fingerprint density at radius 3 is 2.83 bits per heavy atom. The number of nitrogens with two attached hydrogens (primary N) is 1. The minimum Gasteiger partial charge on any atom is -0.382 e. The van der Waals surface area contributed by atoms with Crippen molar-refractivity contribution < 1.29 is 4.39 Å². The summed E-state index contributed by atoms with van der Waals surface area (Å²) in [4.78, 5) is 0. The van der Waals surface area contributed by atoms with Crippen molar-refractivity contribution in [3.63, 3.8) is 0 Å². The number of hydrogen-bond acceptors (Lipinski definition) is 3. The maximum absolute atomic E-state index is 13.6. The normalized spacial score (nSPS) is 15.7. The number of hydrogen-bond donors (Lipinski definition) is 2. The molecule has 0 spiro atoms. The van der Waals surface area contributed by atoms with E-state index in [4.69, 9.17) is 5.73 Å². The van der Waals surface area contributed by atoms with Crippen molar-refractivity contribution >= 4 is 5.69 Å². The van der Waals surface area contributed by atoms with E-state index in [1.54, 1.807) is 12.1 Å². The summed E-state index contributed by atoms with van der Waals surface area (Å²) < 4.78 is 15.5. The zero-order valence-corrected chi connectivity index (χ0v) is 13.5. The molecule has 3 N–H and O–H groups in total. The maximum atomic E-state index is 13.6. The van der Waals surface area contributed by atoms with Gasteiger partial charge in [0.1, 0.15) is 5.82 Å². The third kappa shape index (κ3) is 3.72. The second-order valence-electron chi connectivity index (χ2n) is 6.24. The van der Waals surface area contributed by atoms with Crippen LogP contribution in [0.4, 0.5) is 10.1 Å². The van der Waals surface area contributed by atoms with E-state index in [2.05, 4.69) is 10.4 Å². The van der Waals surface area contributed by atoms with Crippen LogP contribution in [0.15, 0.2) is 30.5 Å². The lowest BCUT2D eigenvalue weighted by molar-refractivity contribution is 0.430. The predicted octanol–water partition coefficient (Wildman–Crippen LogP) is 3.82. The summed E-state index contributed by atoms with van der Waals surface area (Å²) in [6.45, 7) is 1.51. The van der Waals surface area contributed by atoms with Crippen molar-refractivity contribution in [1.82, 2.24) is 9.78 Å². The molecule has 0 atom stereocenters. The minimum absolute atomic E-state index is 0.231. The van der Waals surface area contributed by atoms with E-state index >= 15 is 0 Å². The fourth-order valence-corrected chi connectivity index (χ4v) is 3.40. The van der Waals surface area contributed by atoms with Crippen LogP contribution in [0.1, 0.15) is 50.1 Å².